The normalized spacial score (nSPS) is 11.3. The average Bonchev–Trinajstić information content (AvgIpc) is 3.32. The van der Waals surface area contributed by atoms with Crippen LogP contribution in [0.4, 0.5) is 4.39 Å². The highest BCUT2D eigenvalue weighted by Crippen LogP contribution is 2.20. The van der Waals surface area contributed by atoms with Crippen molar-refractivity contribution in [2.24, 2.45) is 4.99 Å². The molecule has 2 N–H and O–H groups in total. The van der Waals surface area contributed by atoms with Gasteiger partial charge in [0.2, 0.25) is 11.8 Å². The maximum absolute atomic E-state index is 13.3. The highest BCUT2D eigenvalue weighted by Gasteiger charge is 2.07. The van der Waals surface area contributed by atoms with Crippen LogP contribution in [-0.2, 0) is 13.1 Å². The molecule has 0 aliphatic heterocycles. The van der Waals surface area contributed by atoms with Crippen LogP contribution in [0.1, 0.15) is 18.2 Å². The Hall–Kier alpha value is -4.20. The first-order valence-electron chi connectivity index (χ1n) is 10.6. The number of hydrogen-bond acceptors (Lipinski definition) is 5. The minimum Gasteiger partial charge on any atom is -0.444 e. The van der Waals surface area contributed by atoms with Gasteiger partial charge in [-0.05, 0) is 36.8 Å². The summed E-state index contributed by atoms with van der Waals surface area (Å²) in [4.78, 5) is 13.4. The van der Waals surface area contributed by atoms with E-state index in [0.29, 0.717) is 36.6 Å². The first-order chi connectivity index (χ1) is 16.2. The van der Waals surface area contributed by atoms with Crippen molar-refractivity contribution in [3.63, 3.8) is 0 Å². The molecule has 0 unspecified atom stereocenters. The molecule has 0 amide bonds. The van der Waals surface area contributed by atoms with Crippen LogP contribution in [0.25, 0.3) is 11.5 Å². The zero-order chi connectivity index (χ0) is 22.9. The van der Waals surface area contributed by atoms with Gasteiger partial charge in [-0.3, -0.25) is 0 Å². The van der Waals surface area contributed by atoms with Gasteiger partial charge in [0.15, 0.2) is 5.96 Å². The van der Waals surface area contributed by atoms with Crippen molar-refractivity contribution in [1.29, 1.82) is 0 Å². The molecule has 0 spiro atoms. The highest BCUT2D eigenvalue weighted by atomic mass is 19.1. The van der Waals surface area contributed by atoms with E-state index in [-0.39, 0.29) is 5.82 Å². The van der Waals surface area contributed by atoms with E-state index in [1.165, 1.54) is 12.1 Å². The summed E-state index contributed by atoms with van der Waals surface area (Å²) in [6.07, 6.45) is 3.33. The molecular weight excluding hydrogens is 421 g/mol. The van der Waals surface area contributed by atoms with Crippen LogP contribution in [0.15, 0.2) is 88.6 Å². The lowest BCUT2D eigenvalue weighted by molar-refractivity contribution is 0.457. The maximum Gasteiger partial charge on any atom is 0.226 e. The Morgan fingerprint density at radius 2 is 1.94 bits per heavy atom. The molecule has 4 rings (SSSR count). The number of aliphatic imine (C=N–C) groups is 1. The van der Waals surface area contributed by atoms with Gasteiger partial charge >= 0.3 is 0 Å². The Kier molecular flexibility index (Phi) is 7.27. The summed E-state index contributed by atoms with van der Waals surface area (Å²) in [7, 11) is 0. The van der Waals surface area contributed by atoms with Crippen LogP contribution in [0.3, 0.4) is 0 Å². The monoisotopic (exact) mass is 445 g/mol. The minimum absolute atomic E-state index is 0.358. The Morgan fingerprint density at radius 3 is 2.70 bits per heavy atom. The maximum atomic E-state index is 13.3. The number of benzene rings is 2. The summed E-state index contributed by atoms with van der Waals surface area (Å²) < 4.78 is 24.4. The number of rotatable bonds is 8. The zero-order valence-electron chi connectivity index (χ0n) is 18.2. The summed E-state index contributed by atoms with van der Waals surface area (Å²) in [5.41, 5.74) is 2.62. The fourth-order valence-electron chi connectivity index (χ4n) is 3.00. The third-order valence-corrected chi connectivity index (χ3v) is 4.59. The molecule has 0 atom stereocenters. The third kappa shape index (κ3) is 6.39. The first kappa shape index (κ1) is 22.0. The van der Waals surface area contributed by atoms with E-state index in [2.05, 4.69) is 25.6 Å². The second-order valence-electron chi connectivity index (χ2n) is 7.12. The third-order valence-electron chi connectivity index (χ3n) is 4.59. The average molecular weight is 445 g/mol. The number of aromatic nitrogens is 2. The summed E-state index contributed by atoms with van der Waals surface area (Å²) in [6, 6.07) is 19.3. The zero-order valence-corrected chi connectivity index (χ0v) is 18.2. The lowest BCUT2D eigenvalue weighted by Gasteiger charge is -2.10. The van der Waals surface area contributed by atoms with Gasteiger partial charge in [-0.2, -0.15) is 0 Å². The first-order valence-corrected chi connectivity index (χ1v) is 10.6. The van der Waals surface area contributed by atoms with E-state index in [0.717, 1.165) is 23.4 Å². The van der Waals surface area contributed by atoms with Gasteiger partial charge in [0.05, 0.1) is 18.8 Å². The molecule has 4 aromatic rings. The van der Waals surface area contributed by atoms with Crippen LogP contribution in [0.5, 0.6) is 11.6 Å². The van der Waals surface area contributed by atoms with Gasteiger partial charge < -0.3 is 19.8 Å². The second-order valence-corrected chi connectivity index (χ2v) is 7.12. The molecule has 0 fully saturated rings. The molecule has 2 heterocycles. The Labute approximate surface area is 191 Å². The van der Waals surface area contributed by atoms with Crippen molar-refractivity contribution in [2.75, 3.05) is 6.54 Å². The number of pyridine rings is 1. The standard InChI is InChI=1S/C25H24FN5O2/c1-2-27-25(30-16-21-17-32-24(31-21)19-7-4-3-5-8-19)29-15-18-11-12-23(28-14-18)33-22-10-6-9-20(26)13-22/h3-14,17H,2,15-16H2,1H3,(H2,27,29,30). The predicted octanol–water partition coefficient (Wildman–Crippen LogP) is 4.92. The van der Waals surface area contributed by atoms with Gasteiger partial charge in [0.25, 0.3) is 0 Å². The Balaban J connectivity index is 1.33. The molecule has 0 radical (unpaired) electrons. The van der Waals surface area contributed by atoms with Crippen LogP contribution in [-0.4, -0.2) is 22.5 Å². The Morgan fingerprint density at radius 1 is 1.06 bits per heavy atom. The quantitative estimate of drug-likeness (QED) is 0.296. The molecule has 2 aromatic heterocycles. The predicted molar refractivity (Wildman–Crippen MR) is 124 cm³/mol. The van der Waals surface area contributed by atoms with E-state index in [1.54, 1.807) is 30.7 Å². The summed E-state index contributed by atoms with van der Waals surface area (Å²) in [5, 5.41) is 6.47. The summed E-state index contributed by atoms with van der Waals surface area (Å²) in [6.45, 7) is 3.62. The molecular formula is C25H24FN5O2. The van der Waals surface area contributed by atoms with Crippen molar-refractivity contribution in [3.05, 3.63) is 96.3 Å². The smallest absolute Gasteiger partial charge is 0.226 e. The number of guanidine groups is 1. The lowest BCUT2D eigenvalue weighted by atomic mass is 10.2. The van der Waals surface area contributed by atoms with Crippen molar-refractivity contribution < 1.29 is 13.5 Å². The van der Waals surface area contributed by atoms with Gasteiger partial charge in [0, 0.05) is 30.4 Å². The number of halogens is 1. The Bertz CT molecular complexity index is 1190. The van der Waals surface area contributed by atoms with Crippen LogP contribution in [0.2, 0.25) is 0 Å². The largest absolute Gasteiger partial charge is 0.444 e. The number of hydrogen-bond donors (Lipinski definition) is 2. The summed E-state index contributed by atoms with van der Waals surface area (Å²) in [5.74, 6) is 1.67. The van der Waals surface area contributed by atoms with E-state index < -0.39 is 0 Å². The van der Waals surface area contributed by atoms with Gasteiger partial charge in [-0.25, -0.2) is 19.4 Å². The number of ether oxygens (including phenoxy) is 1. The van der Waals surface area contributed by atoms with Gasteiger partial charge in [-0.1, -0.05) is 30.3 Å². The molecule has 0 aliphatic carbocycles. The molecule has 0 saturated carbocycles. The fourth-order valence-corrected chi connectivity index (χ4v) is 3.00. The van der Waals surface area contributed by atoms with E-state index in [4.69, 9.17) is 9.15 Å². The van der Waals surface area contributed by atoms with Crippen LogP contribution >= 0.6 is 0 Å². The van der Waals surface area contributed by atoms with Crippen molar-refractivity contribution in [1.82, 2.24) is 20.6 Å². The second kappa shape index (κ2) is 10.9. The molecule has 33 heavy (non-hydrogen) atoms. The van der Waals surface area contributed by atoms with Gasteiger partial charge in [-0.15, -0.1) is 0 Å². The van der Waals surface area contributed by atoms with E-state index in [1.807, 2.05) is 43.3 Å². The van der Waals surface area contributed by atoms with Crippen LogP contribution in [0, 0.1) is 5.82 Å². The SMILES string of the molecule is CCNC(=NCc1ccc(Oc2cccc(F)c2)nc1)NCc1coc(-c2ccccc2)n1. The number of oxazole rings is 1. The number of nitrogens with zero attached hydrogens (tertiary/aromatic N) is 3. The molecule has 0 aliphatic rings. The molecule has 0 bridgehead atoms. The van der Waals surface area contributed by atoms with E-state index >= 15 is 0 Å². The van der Waals surface area contributed by atoms with Crippen LogP contribution < -0.4 is 15.4 Å². The van der Waals surface area contributed by atoms with Crippen molar-refractivity contribution in [3.8, 4) is 23.1 Å². The van der Waals surface area contributed by atoms with Crippen molar-refractivity contribution >= 4 is 5.96 Å². The molecule has 2 aromatic carbocycles. The number of nitrogens with one attached hydrogen (secondary N) is 2. The van der Waals surface area contributed by atoms with Crippen molar-refractivity contribution in [2.45, 2.75) is 20.0 Å². The minimum atomic E-state index is -0.358. The fraction of sp³-hybridized carbons (Fsp3) is 0.160. The molecule has 0 saturated heterocycles. The highest BCUT2D eigenvalue weighted by molar-refractivity contribution is 5.79. The lowest BCUT2D eigenvalue weighted by Crippen LogP contribution is -2.36. The molecule has 7 nitrogen and oxygen atoms in total. The topological polar surface area (TPSA) is 84.6 Å². The summed E-state index contributed by atoms with van der Waals surface area (Å²) >= 11 is 0. The van der Waals surface area contributed by atoms with Gasteiger partial charge in [0.1, 0.15) is 17.8 Å². The molecule has 168 valence electrons. The van der Waals surface area contributed by atoms with E-state index in [9.17, 15) is 4.39 Å². The molecule has 8 heteroatoms.